The average Bonchev–Trinajstić information content (AvgIpc) is 2.34. The first-order valence-electron chi connectivity index (χ1n) is 3.32. The number of aromatic nitrogens is 2. The lowest BCUT2D eigenvalue weighted by atomic mass is 10.1. The fourth-order valence-corrected chi connectivity index (χ4v) is 1.21. The molecule has 0 atom stereocenters. The van der Waals surface area contributed by atoms with Crippen molar-refractivity contribution in [2.24, 2.45) is 0 Å². The van der Waals surface area contributed by atoms with Gasteiger partial charge in [0.05, 0.1) is 12.2 Å². The zero-order valence-electron chi connectivity index (χ0n) is 5.73. The quantitative estimate of drug-likeness (QED) is 0.447. The van der Waals surface area contributed by atoms with E-state index in [9.17, 15) is 9.59 Å². The van der Waals surface area contributed by atoms with E-state index in [2.05, 4.69) is 15.5 Å². The lowest BCUT2D eigenvalue weighted by Crippen LogP contribution is -2.32. The van der Waals surface area contributed by atoms with Gasteiger partial charge in [0.15, 0.2) is 5.78 Å². The van der Waals surface area contributed by atoms with Crippen LogP contribution in [0.4, 0.5) is 0 Å². The van der Waals surface area contributed by atoms with Crippen LogP contribution in [0, 0.1) is 0 Å². The van der Waals surface area contributed by atoms with E-state index in [0.29, 0.717) is 12.2 Å². The summed E-state index contributed by atoms with van der Waals surface area (Å²) < 4.78 is 0. The van der Waals surface area contributed by atoms with Gasteiger partial charge in [-0.05, 0) is 0 Å². The Hall–Kier alpha value is -1.36. The van der Waals surface area contributed by atoms with E-state index in [-0.39, 0.29) is 23.5 Å². The van der Waals surface area contributed by atoms with Crippen molar-refractivity contribution < 1.29 is 4.79 Å². The van der Waals surface area contributed by atoms with Gasteiger partial charge in [-0.15, -0.1) is 0 Å². The molecule has 1 aromatic heterocycles. The van der Waals surface area contributed by atoms with E-state index in [1.165, 1.54) is 0 Å². The molecule has 1 aromatic rings. The van der Waals surface area contributed by atoms with Crippen molar-refractivity contribution in [1.82, 2.24) is 15.5 Å². The fraction of sp³-hybridized carbons (Fsp3) is 0.333. The van der Waals surface area contributed by atoms with Gasteiger partial charge >= 0.3 is 0 Å². The minimum absolute atomic E-state index is 0.145. The van der Waals surface area contributed by atoms with Crippen LogP contribution in [0.2, 0.25) is 0 Å². The molecule has 0 aliphatic carbocycles. The third-order valence-corrected chi connectivity index (χ3v) is 1.72. The van der Waals surface area contributed by atoms with Gasteiger partial charge in [-0.25, -0.2) is 0 Å². The van der Waals surface area contributed by atoms with E-state index < -0.39 is 0 Å². The first-order valence-corrected chi connectivity index (χ1v) is 3.32. The summed E-state index contributed by atoms with van der Waals surface area (Å²) in [6.07, 6.45) is 0. The molecular weight excluding hydrogens is 146 g/mol. The molecule has 0 bridgehead atoms. The number of hydrogen-bond acceptors (Lipinski definition) is 3. The minimum atomic E-state index is -0.313. The molecule has 0 unspecified atom stereocenters. The van der Waals surface area contributed by atoms with E-state index >= 15 is 0 Å². The summed E-state index contributed by atoms with van der Waals surface area (Å²) in [5.74, 6) is -0.145. The summed E-state index contributed by atoms with van der Waals surface area (Å²) in [4.78, 5) is 22.0. The second kappa shape index (κ2) is 2.06. The first kappa shape index (κ1) is 6.36. The highest BCUT2D eigenvalue weighted by Gasteiger charge is 2.21. The maximum atomic E-state index is 11.1. The Morgan fingerprint density at radius 1 is 1.09 bits per heavy atom. The maximum absolute atomic E-state index is 11.1. The van der Waals surface area contributed by atoms with Crippen molar-refractivity contribution in [2.75, 3.05) is 6.54 Å². The summed E-state index contributed by atoms with van der Waals surface area (Å²) in [6, 6.07) is 0. The smallest absolute Gasteiger partial charge is 0.275 e. The van der Waals surface area contributed by atoms with Crippen LogP contribution in [0.1, 0.15) is 16.1 Å². The van der Waals surface area contributed by atoms with Crippen molar-refractivity contribution in [1.29, 1.82) is 0 Å². The number of hydrogen-bond donors (Lipinski definition) is 3. The van der Waals surface area contributed by atoms with E-state index in [1.54, 1.807) is 0 Å². The predicted octanol–water partition coefficient (Wildman–Crippen LogP) is -1.01. The van der Waals surface area contributed by atoms with Crippen LogP contribution in [0.5, 0.6) is 0 Å². The number of nitrogens with one attached hydrogen (secondary N) is 3. The fourth-order valence-electron chi connectivity index (χ4n) is 1.21. The van der Waals surface area contributed by atoms with Gasteiger partial charge < -0.3 is 10.4 Å². The maximum Gasteiger partial charge on any atom is 0.275 e. The molecule has 0 saturated carbocycles. The van der Waals surface area contributed by atoms with Gasteiger partial charge in [-0.3, -0.25) is 14.7 Å². The molecule has 3 N–H and O–H groups in total. The third-order valence-electron chi connectivity index (χ3n) is 1.72. The Morgan fingerprint density at radius 2 is 1.91 bits per heavy atom. The molecule has 0 amide bonds. The highest BCUT2D eigenvalue weighted by molar-refractivity contribution is 5.99. The van der Waals surface area contributed by atoms with Crippen LogP contribution < -0.4 is 10.9 Å². The van der Waals surface area contributed by atoms with Gasteiger partial charge in [0, 0.05) is 6.54 Å². The summed E-state index contributed by atoms with van der Waals surface area (Å²) >= 11 is 0. The van der Waals surface area contributed by atoms with Crippen LogP contribution >= 0.6 is 0 Å². The van der Waals surface area contributed by atoms with Crippen LogP contribution in [0.25, 0.3) is 0 Å². The third kappa shape index (κ3) is 0.813. The Bertz CT molecular complexity index is 349. The molecular formula is C6H7N3O2. The van der Waals surface area contributed by atoms with Crippen LogP contribution in [-0.2, 0) is 6.54 Å². The van der Waals surface area contributed by atoms with Crippen molar-refractivity contribution in [2.45, 2.75) is 6.54 Å². The van der Waals surface area contributed by atoms with Crippen molar-refractivity contribution in [3.05, 3.63) is 21.6 Å². The second-order valence-corrected chi connectivity index (χ2v) is 2.46. The second-order valence-electron chi connectivity index (χ2n) is 2.46. The van der Waals surface area contributed by atoms with Crippen molar-refractivity contribution in [3.63, 3.8) is 0 Å². The van der Waals surface area contributed by atoms with Gasteiger partial charge in [-0.2, -0.15) is 0 Å². The molecule has 0 saturated heterocycles. The molecule has 5 nitrogen and oxygen atoms in total. The SMILES string of the molecule is O=C1CNCc2[nH][nH]c(=O)c21. The Balaban J connectivity index is 2.66. The molecule has 0 spiro atoms. The number of carbonyl (C=O) groups excluding carboxylic acids is 1. The van der Waals surface area contributed by atoms with Crippen LogP contribution in [0.15, 0.2) is 4.79 Å². The summed E-state index contributed by atoms with van der Waals surface area (Å²) in [5.41, 5.74) is 0.626. The molecule has 58 valence electrons. The number of Topliss-reactive ketones (excluding diaryl/α,β-unsaturated/α-hetero) is 1. The average molecular weight is 153 g/mol. The molecule has 11 heavy (non-hydrogen) atoms. The van der Waals surface area contributed by atoms with Gasteiger partial charge in [0.25, 0.3) is 5.56 Å². The van der Waals surface area contributed by atoms with Gasteiger partial charge in [0.1, 0.15) is 5.56 Å². The molecule has 0 aromatic carbocycles. The number of rotatable bonds is 0. The first-order chi connectivity index (χ1) is 5.29. The van der Waals surface area contributed by atoms with Crippen molar-refractivity contribution in [3.8, 4) is 0 Å². The Kier molecular flexibility index (Phi) is 1.19. The Morgan fingerprint density at radius 3 is 2.64 bits per heavy atom. The molecule has 0 fully saturated rings. The number of carbonyl (C=O) groups is 1. The molecule has 2 rings (SSSR count). The highest BCUT2D eigenvalue weighted by atomic mass is 16.1. The van der Waals surface area contributed by atoms with E-state index in [0.717, 1.165) is 0 Å². The summed E-state index contributed by atoms with van der Waals surface area (Å²) in [7, 11) is 0. The number of aromatic amines is 2. The number of ketones is 1. The standard InChI is InChI=1S/C6H7N3O2/c10-4-2-7-1-3-5(4)6(11)9-8-3/h7H,1-2H2,(H2,8,9,11). The molecule has 0 radical (unpaired) electrons. The minimum Gasteiger partial charge on any atom is -0.304 e. The Labute approximate surface area is 61.8 Å². The zero-order valence-corrected chi connectivity index (χ0v) is 5.73. The topological polar surface area (TPSA) is 77.8 Å². The molecule has 1 aliphatic rings. The zero-order chi connectivity index (χ0) is 7.84. The monoisotopic (exact) mass is 153 g/mol. The lowest BCUT2D eigenvalue weighted by Gasteiger charge is -2.08. The molecule has 2 heterocycles. The van der Waals surface area contributed by atoms with Gasteiger partial charge in [-0.1, -0.05) is 0 Å². The van der Waals surface area contributed by atoms with Crippen LogP contribution in [0.3, 0.4) is 0 Å². The van der Waals surface area contributed by atoms with Gasteiger partial charge in [0.2, 0.25) is 0 Å². The largest absolute Gasteiger partial charge is 0.304 e. The lowest BCUT2D eigenvalue weighted by molar-refractivity contribution is 0.0981. The summed E-state index contributed by atoms with van der Waals surface area (Å²) in [6.45, 7) is 0.813. The van der Waals surface area contributed by atoms with Crippen LogP contribution in [-0.4, -0.2) is 22.5 Å². The van der Waals surface area contributed by atoms with Crippen molar-refractivity contribution >= 4 is 5.78 Å². The number of fused-ring (bicyclic) bond motifs is 1. The molecule has 1 aliphatic heterocycles. The van der Waals surface area contributed by atoms with E-state index in [1.807, 2.05) is 0 Å². The number of H-pyrrole nitrogens is 2. The van der Waals surface area contributed by atoms with E-state index in [4.69, 9.17) is 0 Å². The normalized spacial score (nSPS) is 16.5. The summed E-state index contributed by atoms with van der Waals surface area (Å²) in [5, 5.41) is 7.87. The molecule has 5 heteroatoms. The highest BCUT2D eigenvalue weighted by Crippen LogP contribution is 2.03. The predicted molar refractivity (Wildman–Crippen MR) is 37.5 cm³/mol.